The van der Waals surface area contributed by atoms with Crippen molar-refractivity contribution in [3.05, 3.63) is 28.2 Å². The zero-order chi connectivity index (χ0) is 21.5. The third kappa shape index (κ3) is 4.13. The number of halogens is 1. The summed E-state index contributed by atoms with van der Waals surface area (Å²) in [6, 6.07) is 4.86. The van der Waals surface area contributed by atoms with Crippen molar-refractivity contribution in [1.29, 1.82) is 0 Å². The minimum absolute atomic E-state index is 0.00266. The van der Waals surface area contributed by atoms with Crippen LogP contribution in [-0.4, -0.2) is 51.7 Å². The number of anilines is 1. The molecule has 4 rings (SSSR count). The molecule has 10 nitrogen and oxygen atoms in total. The predicted molar refractivity (Wildman–Crippen MR) is 111 cm³/mol. The first-order chi connectivity index (χ1) is 14.2. The number of nitrogens with zero attached hydrogens (tertiary/aromatic N) is 5. The summed E-state index contributed by atoms with van der Waals surface area (Å²) in [6.45, 7) is 2.35. The molecule has 0 unspecified atom stereocenters. The number of aromatic nitrogens is 4. The van der Waals surface area contributed by atoms with E-state index in [2.05, 4.69) is 20.6 Å². The number of thiophene rings is 1. The number of sulfonamides is 1. The second-order valence-corrected chi connectivity index (χ2v) is 10.8. The van der Waals surface area contributed by atoms with Gasteiger partial charge in [0, 0.05) is 26.1 Å². The van der Waals surface area contributed by atoms with Crippen molar-refractivity contribution in [2.75, 3.05) is 18.4 Å². The van der Waals surface area contributed by atoms with E-state index in [0.717, 1.165) is 17.0 Å². The number of carbonyl (C=O) groups is 1. The molecule has 1 amide bonds. The number of hydrogen-bond donors (Lipinski definition) is 1. The molecule has 1 aliphatic rings. The van der Waals surface area contributed by atoms with Gasteiger partial charge in [-0.1, -0.05) is 16.7 Å². The standard InChI is InChI=1S/C17H19ClN6O4S2/c1-10-9-12(23(2)22-10)16-20-21-17(28-16)19-15(25)11-5-7-24(8-6-11)30(26,27)14-4-3-13(18)29-14/h3-4,9,11H,5-8H2,1-2H3,(H,19,21,25). The van der Waals surface area contributed by atoms with E-state index in [1.54, 1.807) is 23.9 Å². The Morgan fingerprint density at radius 1 is 1.30 bits per heavy atom. The smallest absolute Gasteiger partial charge is 0.322 e. The van der Waals surface area contributed by atoms with E-state index in [1.165, 1.54) is 10.4 Å². The summed E-state index contributed by atoms with van der Waals surface area (Å²) in [4.78, 5) is 12.6. The molecular weight excluding hydrogens is 452 g/mol. The fourth-order valence-corrected chi connectivity index (χ4v) is 6.42. The lowest BCUT2D eigenvalue weighted by molar-refractivity contribution is -0.121. The number of nitrogens with one attached hydrogen (secondary N) is 1. The first kappa shape index (κ1) is 21.0. The molecule has 0 aliphatic carbocycles. The van der Waals surface area contributed by atoms with Crippen LogP contribution in [0.1, 0.15) is 18.5 Å². The minimum Gasteiger partial charge on any atom is -0.401 e. The lowest BCUT2D eigenvalue weighted by Crippen LogP contribution is -2.41. The van der Waals surface area contributed by atoms with Crippen molar-refractivity contribution >= 4 is 44.9 Å². The molecule has 3 aromatic rings. The van der Waals surface area contributed by atoms with Gasteiger partial charge < -0.3 is 4.42 Å². The van der Waals surface area contributed by atoms with Crippen LogP contribution in [0.3, 0.4) is 0 Å². The maximum absolute atomic E-state index is 12.7. The highest BCUT2D eigenvalue weighted by molar-refractivity contribution is 7.91. The van der Waals surface area contributed by atoms with Crippen molar-refractivity contribution in [2.24, 2.45) is 13.0 Å². The first-order valence-electron chi connectivity index (χ1n) is 9.15. The van der Waals surface area contributed by atoms with Crippen molar-refractivity contribution in [2.45, 2.75) is 24.0 Å². The Kier molecular flexibility index (Phi) is 5.66. The van der Waals surface area contributed by atoms with Crippen LogP contribution in [0.5, 0.6) is 0 Å². The summed E-state index contributed by atoms with van der Waals surface area (Å²) >= 11 is 6.88. The third-order valence-electron chi connectivity index (χ3n) is 4.84. The number of carbonyl (C=O) groups excluding carboxylic acids is 1. The Morgan fingerprint density at radius 2 is 2.03 bits per heavy atom. The fourth-order valence-electron chi connectivity index (χ4n) is 3.32. The van der Waals surface area contributed by atoms with Gasteiger partial charge in [0.05, 0.1) is 10.0 Å². The molecule has 0 bridgehead atoms. The average Bonchev–Trinajstić information content (AvgIpc) is 3.42. The highest BCUT2D eigenvalue weighted by Gasteiger charge is 2.33. The Balaban J connectivity index is 1.37. The van der Waals surface area contributed by atoms with Crippen LogP contribution in [0.15, 0.2) is 26.8 Å². The Hall–Kier alpha value is -2.28. The molecule has 1 fully saturated rings. The number of rotatable bonds is 5. The molecule has 0 aromatic carbocycles. The summed E-state index contributed by atoms with van der Waals surface area (Å²) < 4.78 is 34.5. The summed E-state index contributed by atoms with van der Waals surface area (Å²) in [6.07, 6.45) is 0.790. The Labute approximate surface area is 181 Å². The molecule has 0 spiro atoms. The van der Waals surface area contributed by atoms with E-state index >= 15 is 0 Å². The summed E-state index contributed by atoms with van der Waals surface area (Å²) in [5.41, 5.74) is 1.45. The largest absolute Gasteiger partial charge is 0.401 e. The normalized spacial score (nSPS) is 16.1. The molecule has 1 N–H and O–H groups in total. The van der Waals surface area contributed by atoms with Gasteiger partial charge in [0.2, 0.25) is 5.91 Å². The molecule has 1 aliphatic heterocycles. The molecule has 13 heteroatoms. The Bertz CT molecular complexity index is 1180. The first-order valence-corrected chi connectivity index (χ1v) is 11.8. The number of hydrogen-bond acceptors (Lipinski definition) is 8. The molecule has 30 heavy (non-hydrogen) atoms. The topological polar surface area (TPSA) is 123 Å². The van der Waals surface area contributed by atoms with Crippen LogP contribution in [0.25, 0.3) is 11.6 Å². The van der Waals surface area contributed by atoms with Crippen LogP contribution >= 0.6 is 22.9 Å². The highest BCUT2D eigenvalue weighted by atomic mass is 35.5. The van der Waals surface area contributed by atoms with Gasteiger partial charge in [-0.3, -0.25) is 14.8 Å². The molecule has 0 atom stereocenters. The van der Waals surface area contributed by atoms with Gasteiger partial charge in [0.25, 0.3) is 15.9 Å². The van der Waals surface area contributed by atoms with Gasteiger partial charge in [-0.05, 0) is 38.0 Å². The maximum atomic E-state index is 12.7. The Morgan fingerprint density at radius 3 is 2.63 bits per heavy atom. The van der Waals surface area contributed by atoms with E-state index in [-0.39, 0.29) is 41.0 Å². The third-order valence-corrected chi connectivity index (χ3v) is 8.44. The van der Waals surface area contributed by atoms with Crippen LogP contribution in [-0.2, 0) is 21.9 Å². The zero-order valence-electron chi connectivity index (χ0n) is 16.2. The van der Waals surface area contributed by atoms with Crippen LogP contribution < -0.4 is 5.32 Å². The molecule has 0 radical (unpaired) electrons. The van der Waals surface area contributed by atoms with Crippen LogP contribution in [0, 0.1) is 12.8 Å². The van der Waals surface area contributed by atoms with Crippen LogP contribution in [0.2, 0.25) is 4.34 Å². The second kappa shape index (κ2) is 8.10. The van der Waals surface area contributed by atoms with E-state index in [0.29, 0.717) is 22.9 Å². The SMILES string of the molecule is Cc1cc(-c2nnc(NC(=O)C3CCN(S(=O)(=O)c4ccc(Cl)s4)CC3)o2)n(C)n1. The number of amides is 1. The van der Waals surface area contributed by atoms with Gasteiger partial charge in [0.1, 0.15) is 9.90 Å². The quantitative estimate of drug-likeness (QED) is 0.607. The number of aryl methyl sites for hydroxylation is 2. The van der Waals surface area contributed by atoms with Crippen molar-refractivity contribution in [3.63, 3.8) is 0 Å². The fraction of sp³-hybridized carbons (Fsp3) is 0.412. The van der Waals surface area contributed by atoms with Gasteiger partial charge >= 0.3 is 6.01 Å². The monoisotopic (exact) mass is 470 g/mol. The number of piperidine rings is 1. The second-order valence-electron chi connectivity index (χ2n) is 6.93. The minimum atomic E-state index is -3.59. The lowest BCUT2D eigenvalue weighted by atomic mass is 9.97. The summed E-state index contributed by atoms with van der Waals surface area (Å²) in [7, 11) is -1.83. The molecule has 3 aromatic heterocycles. The van der Waals surface area contributed by atoms with E-state index in [4.69, 9.17) is 16.0 Å². The van der Waals surface area contributed by atoms with Gasteiger partial charge in [-0.2, -0.15) is 9.40 Å². The molecule has 160 valence electrons. The molecule has 1 saturated heterocycles. The zero-order valence-corrected chi connectivity index (χ0v) is 18.6. The van der Waals surface area contributed by atoms with E-state index < -0.39 is 10.0 Å². The van der Waals surface area contributed by atoms with Crippen molar-refractivity contribution < 1.29 is 17.6 Å². The molecule has 0 saturated carbocycles. The van der Waals surface area contributed by atoms with Gasteiger partial charge in [0.15, 0.2) is 0 Å². The molecule has 4 heterocycles. The van der Waals surface area contributed by atoms with Crippen LogP contribution in [0.4, 0.5) is 6.01 Å². The summed E-state index contributed by atoms with van der Waals surface area (Å²) in [5, 5.41) is 14.7. The lowest BCUT2D eigenvalue weighted by Gasteiger charge is -2.29. The summed E-state index contributed by atoms with van der Waals surface area (Å²) in [5.74, 6) is -0.371. The van der Waals surface area contributed by atoms with Gasteiger partial charge in [-0.25, -0.2) is 8.42 Å². The average molecular weight is 471 g/mol. The molecular formula is C17H19ClN6O4S2. The van der Waals surface area contributed by atoms with E-state index in [1.807, 2.05) is 6.92 Å². The highest BCUT2D eigenvalue weighted by Crippen LogP contribution is 2.31. The van der Waals surface area contributed by atoms with Crippen molar-refractivity contribution in [3.8, 4) is 11.6 Å². The van der Waals surface area contributed by atoms with Crippen molar-refractivity contribution in [1.82, 2.24) is 24.3 Å². The van der Waals surface area contributed by atoms with E-state index in [9.17, 15) is 13.2 Å². The predicted octanol–water partition coefficient (Wildman–Crippen LogP) is 2.53. The maximum Gasteiger partial charge on any atom is 0.322 e. The van der Waals surface area contributed by atoms with Gasteiger partial charge in [-0.15, -0.1) is 16.4 Å².